The highest BCUT2D eigenvalue weighted by atomic mass is 16.6. The Morgan fingerprint density at radius 2 is 1.23 bits per heavy atom. The first-order valence-corrected chi connectivity index (χ1v) is 6.28. The Kier molecular flexibility index (Phi) is 6.02. The van der Waals surface area contributed by atoms with Gasteiger partial charge in [-0.2, -0.15) is 0 Å². The van der Waals surface area contributed by atoms with Gasteiger partial charge < -0.3 is 10.2 Å². The largest absolute Gasteiger partial charge is 0.502 e. The molecule has 26 heavy (non-hydrogen) atoms. The third-order valence-electron chi connectivity index (χ3n) is 2.74. The van der Waals surface area contributed by atoms with E-state index in [1.165, 1.54) is 6.07 Å². The van der Waals surface area contributed by atoms with Gasteiger partial charge in [-0.1, -0.05) is 6.07 Å². The van der Waals surface area contributed by atoms with Crippen LogP contribution in [0.2, 0.25) is 0 Å². The molecule has 2 aromatic rings. The zero-order valence-corrected chi connectivity index (χ0v) is 12.4. The molecule has 2 N–H and O–H groups in total. The second-order valence-electron chi connectivity index (χ2n) is 4.35. The molecule has 0 bridgehead atoms. The molecular formula is C12H8N4O10. The summed E-state index contributed by atoms with van der Waals surface area (Å²) in [6, 6.07) is 5.72. The third kappa shape index (κ3) is 4.57. The van der Waals surface area contributed by atoms with E-state index in [1.807, 2.05) is 0 Å². The molecule has 0 atom stereocenters. The van der Waals surface area contributed by atoms with Crippen LogP contribution in [0.5, 0.6) is 11.5 Å². The van der Waals surface area contributed by atoms with Crippen LogP contribution >= 0.6 is 0 Å². The number of nitro benzene ring substituents is 4. The lowest BCUT2D eigenvalue weighted by atomic mass is 10.2. The molecule has 0 aromatic heterocycles. The van der Waals surface area contributed by atoms with E-state index in [9.17, 15) is 40.5 Å². The van der Waals surface area contributed by atoms with Gasteiger partial charge in [-0.15, -0.1) is 0 Å². The highest BCUT2D eigenvalue weighted by Gasteiger charge is 2.27. The molecule has 0 radical (unpaired) electrons. The number of hydrogen-bond acceptors (Lipinski definition) is 10. The van der Waals surface area contributed by atoms with Crippen molar-refractivity contribution in [3.63, 3.8) is 0 Å². The predicted octanol–water partition coefficient (Wildman–Crippen LogP) is 2.42. The average molecular weight is 368 g/mol. The Balaban J connectivity index is 0.000000260. The van der Waals surface area contributed by atoms with Crippen molar-refractivity contribution >= 4 is 22.7 Å². The molecule has 0 saturated carbocycles. The molecule has 0 heterocycles. The predicted molar refractivity (Wildman–Crippen MR) is 82.8 cm³/mol. The number of hydrogen-bond donors (Lipinski definition) is 2. The van der Waals surface area contributed by atoms with Crippen molar-refractivity contribution in [1.29, 1.82) is 0 Å². The minimum absolute atomic E-state index is 0.386. The summed E-state index contributed by atoms with van der Waals surface area (Å²) in [6.45, 7) is 0. The van der Waals surface area contributed by atoms with Crippen LogP contribution in [-0.2, 0) is 0 Å². The number of rotatable bonds is 4. The zero-order valence-electron chi connectivity index (χ0n) is 12.4. The number of non-ortho nitro benzene ring substituents is 1. The summed E-state index contributed by atoms with van der Waals surface area (Å²) in [5.74, 6) is -1.42. The molecule has 0 aliphatic rings. The average Bonchev–Trinajstić information content (AvgIpc) is 2.54. The highest BCUT2D eigenvalue weighted by molar-refractivity contribution is 5.60. The van der Waals surface area contributed by atoms with Gasteiger partial charge in [0.15, 0.2) is 0 Å². The molecule has 0 saturated heterocycles. The number of benzene rings is 2. The van der Waals surface area contributed by atoms with Gasteiger partial charge in [0.1, 0.15) is 0 Å². The maximum Gasteiger partial charge on any atom is 0.387 e. The van der Waals surface area contributed by atoms with Crippen molar-refractivity contribution in [2.24, 2.45) is 0 Å². The van der Waals surface area contributed by atoms with Crippen LogP contribution in [0.25, 0.3) is 0 Å². The fourth-order valence-corrected chi connectivity index (χ4v) is 1.63. The third-order valence-corrected chi connectivity index (χ3v) is 2.74. The smallest absolute Gasteiger partial charge is 0.387 e. The van der Waals surface area contributed by atoms with Crippen LogP contribution in [0.15, 0.2) is 36.4 Å². The van der Waals surface area contributed by atoms with Crippen LogP contribution < -0.4 is 0 Å². The monoisotopic (exact) mass is 368 g/mol. The Hall–Kier alpha value is -4.36. The highest BCUT2D eigenvalue weighted by Crippen LogP contribution is 2.34. The Labute approximate surface area is 142 Å². The van der Waals surface area contributed by atoms with Crippen molar-refractivity contribution in [3.05, 3.63) is 76.9 Å². The van der Waals surface area contributed by atoms with E-state index in [0.29, 0.717) is 0 Å². The second kappa shape index (κ2) is 7.95. The van der Waals surface area contributed by atoms with Crippen molar-refractivity contribution in [3.8, 4) is 11.5 Å². The van der Waals surface area contributed by atoms with Gasteiger partial charge in [-0.05, 0) is 6.07 Å². The Bertz CT molecular complexity index is 898. The zero-order chi connectivity index (χ0) is 20.0. The first-order chi connectivity index (χ1) is 12.1. The lowest BCUT2D eigenvalue weighted by Crippen LogP contribution is -1.96. The van der Waals surface area contributed by atoms with Crippen LogP contribution in [-0.4, -0.2) is 29.9 Å². The summed E-state index contributed by atoms with van der Waals surface area (Å²) < 4.78 is 0. The van der Waals surface area contributed by atoms with Crippen LogP contribution in [0.3, 0.4) is 0 Å². The van der Waals surface area contributed by atoms with Gasteiger partial charge in [0.2, 0.25) is 11.5 Å². The Morgan fingerprint density at radius 1 is 0.654 bits per heavy atom. The molecule has 14 heteroatoms. The van der Waals surface area contributed by atoms with Gasteiger partial charge in [-0.3, -0.25) is 40.5 Å². The maximum absolute atomic E-state index is 10.3. The summed E-state index contributed by atoms with van der Waals surface area (Å²) in [4.78, 5) is 37.4. The molecule has 14 nitrogen and oxygen atoms in total. The minimum Gasteiger partial charge on any atom is -0.502 e. The first kappa shape index (κ1) is 19.7. The fraction of sp³-hybridized carbons (Fsp3) is 0. The fourth-order valence-electron chi connectivity index (χ4n) is 1.63. The second-order valence-corrected chi connectivity index (χ2v) is 4.35. The van der Waals surface area contributed by atoms with Crippen LogP contribution in [0.4, 0.5) is 22.7 Å². The number of phenols is 2. The number of nitro groups is 4. The molecule has 0 aliphatic heterocycles. The molecule has 0 aliphatic carbocycles. The molecule has 2 aromatic carbocycles. The van der Waals surface area contributed by atoms with Gasteiger partial charge in [-0.25, -0.2) is 0 Å². The maximum atomic E-state index is 10.3. The quantitative estimate of drug-likeness (QED) is 0.593. The van der Waals surface area contributed by atoms with Crippen molar-refractivity contribution in [2.45, 2.75) is 0 Å². The van der Waals surface area contributed by atoms with E-state index in [0.717, 1.165) is 30.3 Å². The van der Waals surface area contributed by atoms with E-state index in [2.05, 4.69) is 0 Å². The number of aromatic hydroxyl groups is 2. The standard InChI is InChI=1S/2C6H4N2O5/c9-6-3-4(7(10)11)1-2-5(6)8(12)13;9-5-3-1-2-4(7(10)11)6(5)8(12)13/h2*1-3,9H. The molecule has 0 fully saturated rings. The van der Waals surface area contributed by atoms with E-state index in [1.54, 1.807) is 0 Å². The molecule has 0 amide bonds. The molecule has 2 rings (SSSR count). The van der Waals surface area contributed by atoms with Crippen molar-refractivity contribution in [2.75, 3.05) is 0 Å². The van der Waals surface area contributed by atoms with E-state index >= 15 is 0 Å². The summed E-state index contributed by atoms with van der Waals surface area (Å²) in [5, 5.41) is 58.8. The van der Waals surface area contributed by atoms with Crippen LogP contribution in [0, 0.1) is 40.5 Å². The SMILES string of the molecule is O=[N+]([O-])c1ccc([N+](=O)[O-])c(O)c1.O=[N+]([O-])c1cccc(O)c1[N+](=O)[O-]. The van der Waals surface area contributed by atoms with Gasteiger partial charge >= 0.3 is 17.1 Å². The molecule has 0 spiro atoms. The number of nitrogens with zero attached hydrogens (tertiary/aromatic N) is 4. The van der Waals surface area contributed by atoms with Gasteiger partial charge in [0, 0.05) is 18.2 Å². The topological polar surface area (TPSA) is 213 Å². The number of para-hydroxylation sites is 1. The Morgan fingerprint density at radius 3 is 1.62 bits per heavy atom. The minimum atomic E-state index is -0.993. The van der Waals surface area contributed by atoms with Crippen molar-refractivity contribution < 1.29 is 29.9 Å². The van der Waals surface area contributed by atoms with Crippen molar-refractivity contribution in [1.82, 2.24) is 0 Å². The van der Waals surface area contributed by atoms with Gasteiger partial charge in [0.05, 0.1) is 25.8 Å². The molecule has 136 valence electrons. The van der Waals surface area contributed by atoms with E-state index in [4.69, 9.17) is 10.2 Å². The lowest BCUT2D eigenvalue weighted by Gasteiger charge is -1.95. The summed E-state index contributed by atoms with van der Waals surface area (Å²) in [5.41, 5.74) is -2.54. The summed E-state index contributed by atoms with van der Waals surface area (Å²) in [6.07, 6.45) is 0. The van der Waals surface area contributed by atoms with E-state index in [-0.39, 0.29) is 5.69 Å². The molecular weight excluding hydrogens is 360 g/mol. The molecule has 0 unspecified atom stereocenters. The normalized spacial score (nSPS) is 9.54. The van der Waals surface area contributed by atoms with Gasteiger partial charge in [0.25, 0.3) is 5.69 Å². The van der Waals surface area contributed by atoms with E-state index < -0.39 is 48.3 Å². The first-order valence-electron chi connectivity index (χ1n) is 6.28. The number of phenolic OH excluding ortho intramolecular Hbond substituents is 2. The summed E-state index contributed by atoms with van der Waals surface area (Å²) in [7, 11) is 0. The van der Waals surface area contributed by atoms with Crippen LogP contribution in [0.1, 0.15) is 0 Å². The lowest BCUT2D eigenvalue weighted by molar-refractivity contribution is -0.423. The summed E-state index contributed by atoms with van der Waals surface area (Å²) >= 11 is 0.